The van der Waals surface area contributed by atoms with Gasteiger partial charge in [-0.05, 0) is 12.8 Å². The Morgan fingerprint density at radius 1 is 1.62 bits per heavy atom. The standard InChI is InChI=1S/C5H7NO2/c7-5-3-1-2-4(5)6-8/h4H,1-3H2. The van der Waals surface area contributed by atoms with Crippen molar-refractivity contribution in [2.24, 2.45) is 5.18 Å². The lowest BCUT2D eigenvalue weighted by Gasteiger charge is -1.88. The van der Waals surface area contributed by atoms with E-state index in [9.17, 15) is 9.70 Å². The molecule has 0 aliphatic heterocycles. The van der Waals surface area contributed by atoms with Gasteiger partial charge in [0.05, 0.1) is 0 Å². The van der Waals surface area contributed by atoms with Crippen LogP contribution in [0.5, 0.6) is 0 Å². The second-order valence-electron chi connectivity index (χ2n) is 1.98. The molecule has 0 N–H and O–H groups in total. The number of hydrogen-bond donors (Lipinski definition) is 0. The van der Waals surface area contributed by atoms with Crippen molar-refractivity contribution in [2.75, 3.05) is 0 Å². The van der Waals surface area contributed by atoms with E-state index in [1.165, 1.54) is 0 Å². The van der Waals surface area contributed by atoms with Gasteiger partial charge in [0, 0.05) is 6.42 Å². The van der Waals surface area contributed by atoms with Crippen LogP contribution in [-0.2, 0) is 4.79 Å². The zero-order valence-corrected chi connectivity index (χ0v) is 4.46. The highest BCUT2D eigenvalue weighted by molar-refractivity contribution is 5.85. The Bertz CT molecular complexity index is 122. The smallest absolute Gasteiger partial charge is 0.160 e. The van der Waals surface area contributed by atoms with Crippen LogP contribution in [0.25, 0.3) is 0 Å². The molecule has 0 radical (unpaired) electrons. The highest BCUT2D eigenvalue weighted by Crippen LogP contribution is 2.16. The van der Waals surface area contributed by atoms with E-state index in [4.69, 9.17) is 0 Å². The van der Waals surface area contributed by atoms with Crippen LogP contribution < -0.4 is 0 Å². The minimum atomic E-state index is -0.505. The highest BCUT2D eigenvalue weighted by Gasteiger charge is 2.24. The summed E-state index contributed by atoms with van der Waals surface area (Å²) in [6, 6.07) is -0.505. The number of rotatable bonds is 1. The van der Waals surface area contributed by atoms with Crippen molar-refractivity contribution in [2.45, 2.75) is 25.3 Å². The van der Waals surface area contributed by atoms with Crippen LogP contribution >= 0.6 is 0 Å². The van der Waals surface area contributed by atoms with E-state index >= 15 is 0 Å². The SMILES string of the molecule is O=NC1CCCC1=O. The molecule has 0 saturated heterocycles. The Morgan fingerprint density at radius 2 is 2.38 bits per heavy atom. The maximum atomic E-state index is 10.5. The molecule has 44 valence electrons. The van der Waals surface area contributed by atoms with Crippen molar-refractivity contribution in [1.82, 2.24) is 0 Å². The predicted octanol–water partition coefficient (Wildman–Crippen LogP) is 0.874. The van der Waals surface area contributed by atoms with E-state index in [0.29, 0.717) is 12.8 Å². The zero-order chi connectivity index (χ0) is 5.98. The molecule has 1 atom stereocenters. The fourth-order valence-corrected chi connectivity index (χ4v) is 0.909. The van der Waals surface area contributed by atoms with Gasteiger partial charge in [0.25, 0.3) is 0 Å². The third-order valence-corrected chi connectivity index (χ3v) is 1.40. The van der Waals surface area contributed by atoms with Crippen LogP contribution in [0.3, 0.4) is 0 Å². The topological polar surface area (TPSA) is 46.5 Å². The zero-order valence-electron chi connectivity index (χ0n) is 4.46. The van der Waals surface area contributed by atoms with Crippen molar-refractivity contribution in [3.05, 3.63) is 4.91 Å². The van der Waals surface area contributed by atoms with E-state index in [2.05, 4.69) is 5.18 Å². The highest BCUT2D eigenvalue weighted by atomic mass is 16.3. The summed E-state index contributed by atoms with van der Waals surface area (Å²) in [4.78, 5) is 20.3. The minimum absolute atomic E-state index is 0.0139. The molecule has 0 heterocycles. The van der Waals surface area contributed by atoms with Gasteiger partial charge in [0.15, 0.2) is 5.78 Å². The summed E-state index contributed by atoms with van der Waals surface area (Å²) < 4.78 is 0. The summed E-state index contributed by atoms with van der Waals surface area (Å²) >= 11 is 0. The molecule has 0 spiro atoms. The molecular formula is C5H7NO2. The van der Waals surface area contributed by atoms with Crippen LogP contribution in [0.2, 0.25) is 0 Å². The molecular weight excluding hydrogens is 106 g/mol. The first-order valence-electron chi connectivity index (χ1n) is 2.70. The van der Waals surface area contributed by atoms with Crippen LogP contribution in [0.4, 0.5) is 0 Å². The first kappa shape index (κ1) is 5.41. The van der Waals surface area contributed by atoms with Gasteiger partial charge in [-0.25, -0.2) is 0 Å². The van der Waals surface area contributed by atoms with Gasteiger partial charge in [0.2, 0.25) is 0 Å². The maximum Gasteiger partial charge on any atom is 0.160 e. The Morgan fingerprint density at radius 3 is 2.62 bits per heavy atom. The van der Waals surface area contributed by atoms with Crippen molar-refractivity contribution >= 4 is 5.78 Å². The first-order chi connectivity index (χ1) is 3.84. The number of nitrogens with zero attached hydrogens (tertiary/aromatic N) is 1. The van der Waals surface area contributed by atoms with Gasteiger partial charge < -0.3 is 0 Å². The first-order valence-corrected chi connectivity index (χ1v) is 2.70. The average molecular weight is 113 g/mol. The Kier molecular flexibility index (Phi) is 1.37. The van der Waals surface area contributed by atoms with Crippen LogP contribution in [0, 0.1) is 4.91 Å². The summed E-state index contributed by atoms with van der Waals surface area (Å²) in [5.41, 5.74) is 0. The lowest BCUT2D eigenvalue weighted by atomic mass is 10.3. The number of nitroso groups, excluding NO2 is 1. The van der Waals surface area contributed by atoms with Crippen molar-refractivity contribution in [1.29, 1.82) is 0 Å². The summed E-state index contributed by atoms with van der Waals surface area (Å²) in [6.45, 7) is 0. The summed E-state index contributed by atoms with van der Waals surface area (Å²) in [6.07, 6.45) is 2.06. The molecule has 0 aromatic rings. The molecule has 0 bridgehead atoms. The second kappa shape index (κ2) is 2.03. The van der Waals surface area contributed by atoms with E-state index in [1.807, 2.05) is 0 Å². The molecule has 0 aromatic heterocycles. The van der Waals surface area contributed by atoms with Crippen LogP contribution in [-0.4, -0.2) is 11.8 Å². The van der Waals surface area contributed by atoms with E-state index in [0.717, 1.165) is 6.42 Å². The molecule has 3 heteroatoms. The number of hydrogen-bond acceptors (Lipinski definition) is 3. The number of Topliss-reactive ketones (excluding diaryl/α,β-unsaturated/α-hetero) is 1. The Balaban J connectivity index is 2.54. The van der Waals surface area contributed by atoms with Crippen LogP contribution in [0.1, 0.15) is 19.3 Å². The lowest BCUT2D eigenvalue weighted by Crippen LogP contribution is -2.07. The largest absolute Gasteiger partial charge is 0.297 e. The third-order valence-electron chi connectivity index (χ3n) is 1.40. The normalized spacial score (nSPS) is 28.5. The van der Waals surface area contributed by atoms with Gasteiger partial charge in [0.1, 0.15) is 6.04 Å². The Hall–Kier alpha value is -0.730. The van der Waals surface area contributed by atoms with Gasteiger partial charge >= 0.3 is 0 Å². The number of ketones is 1. The molecule has 1 saturated carbocycles. The maximum absolute atomic E-state index is 10.5. The molecule has 1 aliphatic carbocycles. The molecule has 0 amide bonds. The summed E-state index contributed by atoms with van der Waals surface area (Å²) in [5.74, 6) is 0.0139. The average Bonchev–Trinajstić information content (AvgIpc) is 2.14. The fraction of sp³-hybridized carbons (Fsp3) is 0.800. The van der Waals surface area contributed by atoms with Crippen LogP contribution in [0.15, 0.2) is 5.18 Å². The third kappa shape index (κ3) is 0.757. The van der Waals surface area contributed by atoms with Gasteiger partial charge in [-0.2, -0.15) is 4.91 Å². The lowest BCUT2D eigenvalue weighted by molar-refractivity contribution is -0.118. The van der Waals surface area contributed by atoms with E-state index in [1.54, 1.807) is 0 Å². The number of carbonyl (C=O) groups is 1. The molecule has 3 nitrogen and oxygen atoms in total. The van der Waals surface area contributed by atoms with Crippen molar-refractivity contribution in [3.8, 4) is 0 Å². The van der Waals surface area contributed by atoms with E-state index < -0.39 is 6.04 Å². The monoisotopic (exact) mass is 113 g/mol. The van der Waals surface area contributed by atoms with Gasteiger partial charge in [-0.15, -0.1) is 0 Å². The predicted molar refractivity (Wildman–Crippen MR) is 28.4 cm³/mol. The van der Waals surface area contributed by atoms with Gasteiger partial charge in [-0.1, -0.05) is 5.18 Å². The minimum Gasteiger partial charge on any atom is -0.297 e. The Labute approximate surface area is 47.0 Å². The molecule has 8 heavy (non-hydrogen) atoms. The molecule has 1 rings (SSSR count). The van der Waals surface area contributed by atoms with Crippen molar-refractivity contribution < 1.29 is 4.79 Å². The molecule has 1 aliphatic rings. The summed E-state index contributed by atoms with van der Waals surface area (Å²) in [5, 5.41) is 2.67. The summed E-state index contributed by atoms with van der Waals surface area (Å²) in [7, 11) is 0. The molecule has 1 fully saturated rings. The quantitative estimate of drug-likeness (QED) is 0.474. The van der Waals surface area contributed by atoms with Gasteiger partial charge in [-0.3, -0.25) is 4.79 Å². The van der Waals surface area contributed by atoms with E-state index in [-0.39, 0.29) is 5.78 Å². The fourth-order valence-electron chi connectivity index (χ4n) is 0.909. The second-order valence-corrected chi connectivity index (χ2v) is 1.98. The van der Waals surface area contributed by atoms with Crippen molar-refractivity contribution in [3.63, 3.8) is 0 Å². The molecule has 1 unspecified atom stereocenters. The number of carbonyl (C=O) groups excluding carboxylic acids is 1. The molecule has 0 aromatic carbocycles.